The zero-order chi connectivity index (χ0) is 26.3. The van der Waals surface area contributed by atoms with Gasteiger partial charge in [-0.15, -0.1) is 4.73 Å². The highest BCUT2D eigenvalue weighted by molar-refractivity contribution is 6.30. The van der Waals surface area contributed by atoms with Gasteiger partial charge in [0.05, 0.1) is 31.4 Å². The lowest BCUT2D eigenvalue weighted by Gasteiger charge is -2.34. The number of pyridine rings is 1. The fourth-order valence-electron chi connectivity index (χ4n) is 3.55. The van der Waals surface area contributed by atoms with Gasteiger partial charge in [0.25, 0.3) is 0 Å². The molecule has 1 aromatic heterocycles. The molecule has 0 saturated carbocycles. The topological polar surface area (TPSA) is 106 Å². The highest BCUT2D eigenvalue weighted by Gasteiger charge is 2.30. The van der Waals surface area contributed by atoms with Gasteiger partial charge in [-0.3, -0.25) is 4.90 Å². The minimum absolute atomic E-state index is 0.0980. The van der Waals surface area contributed by atoms with E-state index >= 15 is 0 Å². The molecule has 8 nitrogen and oxygen atoms in total. The van der Waals surface area contributed by atoms with Gasteiger partial charge in [-0.1, -0.05) is 35.9 Å². The Morgan fingerprint density at radius 1 is 1.11 bits per heavy atom. The van der Waals surface area contributed by atoms with Gasteiger partial charge in [0, 0.05) is 11.1 Å². The number of aliphatic hydroxyl groups is 2. The lowest BCUT2D eigenvalue weighted by molar-refractivity contribution is -0.611. The number of amides is 1. The Balaban J connectivity index is 1.78. The van der Waals surface area contributed by atoms with E-state index in [4.69, 9.17) is 21.1 Å². The maximum Gasteiger partial charge on any atom is 0.410 e. The van der Waals surface area contributed by atoms with Crippen LogP contribution in [0.15, 0.2) is 72.9 Å². The molecule has 1 amide bonds. The maximum absolute atomic E-state index is 13.1. The molecule has 3 rings (SSSR count). The summed E-state index contributed by atoms with van der Waals surface area (Å²) < 4.78 is 11.8. The summed E-state index contributed by atoms with van der Waals surface area (Å²) in [5.74, 6) is 0.611. The highest BCUT2D eigenvalue weighted by atomic mass is 35.5. The first-order valence-corrected chi connectivity index (χ1v) is 11.9. The number of hydrogen-bond acceptors (Lipinski definition) is 6. The van der Waals surface area contributed by atoms with Gasteiger partial charge in [0.2, 0.25) is 0 Å². The number of carbonyl (C=O) groups excluding carboxylic acids is 1. The summed E-state index contributed by atoms with van der Waals surface area (Å²) >= 11 is 6.06. The molecule has 2 atom stereocenters. The predicted octanol–water partition coefficient (Wildman–Crippen LogP) is 4.64. The largest absolute Gasteiger partial charge is 0.616 e. The predicted molar refractivity (Wildman–Crippen MR) is 136 cm³/mol. The number of rotatable bonds is 9. The Hall–Kier alpha value is -3.33. The third-order valence-corrected chi connectivity index (χ3v) is 5.52. The van der Waals surface area contributed by atoms with E-state index in [0.717, 1.165) is 5.56 Å². The molecule has 1 heterocycles. The van der Waals surface area contributed by atoms with Crippen molar-refractivity contribution in [3.8, 4) is 11.6 Å². The molecule has 192 valence electrons. The summed E-state index contributed by atoms with van der Waals surface area (Å²) in [6.07, 6.45) is -0.0403. The van der Waals surface area contributed by atoms with E-state index < -0.39 is 23.8 Å². The van der Waals surface area contributed by atoms with Crippen molar-refractivity contribution in [1.29, 1.82) is 0 Å². The SMILES string of the molecule is CC(C)(C)OC(=O)N(C[C@H](O)c1cccc(Cl)c1)C(CO)Cc1ccc(Oc2cccc[n+]2[O-])cc1. The summed E-state index contributed by atoms with van der Waals surface area (Å²) in [5.41, 5.74) is 0.603. The molecule has 3 aromatic rings. The van der Waals surface area contributed by atoms with Crippen LogP contribution in [0, 0.1) is 5.21 Å². The zero-order valence-corrected chi connectivity index (χ0v) is 21.3. The first-order valence-electron chi connectivity index (χ1n) is 11.5. The molecule has 36 heavy (non-hydrogen) atoms. The second kappa shape index (κ2) is 12.1. The summed E-state index contributed by atoms with van der Waals surface area (Å²) in [6, 6.07) is 17.9. The van der Waals surface area contributed by atoms with Crippen molar-refractivity contribution in [1.82, 2.24) is 4.90 Å². The van der Waals surface area contributed by atoms with Crippen LogP contribution in [-0.2, 0) is 11.2 Å². The summed E-state index contributed by atoms with van der Waals surface area (Å²) in [7, 11) is 0. The Kier molecular flexibility index (Phi) is 9.14. The number of aromatic nitrogens is 1. The van der Waals surface area contributed by atoms with E-state index in [1.165, 1.54) is 11.1 Å². The number of halogens is 1. The second-order valence-electron chi connectivity index (χ2n) is 9.35. The molecule has 0 fully saturated rings. The van der Waals surface area contributed by atoms with Crippen molar-refractivity contribution >= 4 is 17.7 Å². The lowest BCUT2D eigenvalue weighted by atomic mass is 10.0. The molecule has 0 aliphatic carbocycles. The Bertz CT molecular complexity index is 1150. The molecular formula is C27H31ClN2O6. The maximum atomic E-state index is 13.1. The number of carbonyl (C=O) groups is 1. The minimum atomic E-state index is -1.04. The van der Waals surface area contributed by atoms with Crippen molar-refractivity contribution in [2.24, 2.45) is 0 Å². The average Bonchev–Trinajstić information content (AvgIpc) is 2.82. The molecule has 2 aromatic carbocycles. The van der Waals surface area contributed by atoms with Gasteiger partial charge in [0.1, 0.15) is 11.4 Å². The van der Waals surface area contributed by atoms with E-state index in [1.54, 1.807) is 87.5 Å². The summed E-state index contributed by atoms with van der Waals surface area (Å²) in [4.78, 5) is 14.4. The zero-order valence-electron chi connectivity index (χ0n) is 20.5. The lowest BCUT2D eigenvalue weighted by Crippen LogP contribution is -2.48. The van der Waals surface area contributed by atoms with E-state index in [2.05, 4.69) is 0 Å². The van der Waals surface area contributed by atoms with Crippen LogP contribution in [0.2, 0.25) is 5.02 Å². The van der Waals surface area contributed by atoms with Gasteiger partial charge in [-0.25, -0.2) is 4.79 Å². The van der Waals surface area contributed by atoms with Crippen LogP contribution >= 0.6 is 11.6 Å². The van der Waals surface area contributed by atoms with E-state index in [1.807, 2.05) is 0 Å². The Labute approximate surface area is 215 Å². The van der Waals surface area contributed by atoms with Gasteiger partial charge in [0.15, 0.2) is 6.20 Å². The highest BCUT2D eigenvalue weighted by Crippen LogP contribution is 2.24. The standard InChI is InChI=1S/C27H31ClN2O6/c1-27(2,3)36-26(33)29(17-24(32)20-7-6-8-21(28)16-20)22(18-31)15-19-10-12-23(13-11-19)35-25-9-4-5-14-30(25)34/h4-14,16,22,24,31-32H,15,17-18H2,1-3H3/t22?,24-/m0/s1. The molecule has 0 spiro atoms. The van der Waals surface area contributed by atoms with E-state index in [9.17, 15) is 20.2 Å². The number of hydrogen-bond donors (Lipinski definition) is 2. The molecular weight excluding hydrogens is 484 g/mol. The third-order valence-electron chi connectivity index (χ3n) is 5.29. The van der Waals surface area contributed by atoms with Crippen molar-refractivity contribution in [2.45, 2.75) is 44.9 Å². The van der Waals surface area contributed by atoms with Crippen LogP contribution in [0.5, 0.6) is 11.6 Å². The molecule has 0 bridgehead atoms. The van der Waals surface area contributed by atoms with Crippen molar-refractivity contribution in [3.05, 3.63) is 94.3 Å². The van der Waals surface area contributed by atoms with E-state index in [0.29, 0.717) is 27.5 Å². The molecule has 0 saturated heterocycles. The quantitative estimate of drug-likeness (QED) is 0.318. The van der Waals surface area contributed by atoms with Crippen LogP contribution in [-0.4, -0.2) is 46.0 Å². The first kappa shape index (κ1) is 27.3. The molecule has 0 radical (unpaired) electrons. The van der Waals surface area contributed by atoms with Gasteiger partial charge in [-0.05, 0) is 68.7 Å². The van der Waals surface area contributed by atoms with E-state index in [-0.39, 0.29) is 19.0 Å². The number of aliphatic hydroxyl groups excluding tert-OH is 2. The first-order chi connectivity index (χ1) is 17.1. The van der Waals surface area contributed by atoms with Gasteiger partial charge in [-0.2, -0.15) is 0 Å². The minimum Gasteiger partial charge on any atom is -0.616 e. The van der Waals surface area contributed by atoms with Crippen molar-refractivity contribution in [3.63, 3.8) is 0 Å². The molecule has 0 aliphatic rings. The van der Waals surface area contributed by atoms with Gasteiger partial charge < -0.3 is 24.9 Å². The Morgan fingerprint density at radius 3 is 2.44 bits per heavy atom. The Morgan fingerprint density at radius 2 is 1.83 bits per heavy atom. The third kappa shape index (κ3) is 7.84. The average molecular weight is 515 g/mol. The number of nitrogens with zero attached hydrogens (tertiary/aromatic N) is 2. The fraction of sp³-hybridized carbons (Fsp3) is 0.333. The molecule has 9 heteroatoms. The van der Waals surface area contributed by atoms with Crippen LogP contribution in [0.1, 0.15) is 38.0 Å². The van der Waals surface area contributed by atoms with Gasteiger partial charge >= 0.3 is 12.0 Å². The summed E-state index contributed by atoms with van der Waals surface area (Å²) in [6.45, 7) is 4.81. The smallest absolute Gasteiger partial charge is 0.410 e. The second-order valence-corrected chi connectivity index (χ2v) is 9.79. The molecule has 0 aliphatic heterocycles. The number of ether oxygens (including phenoxy) is 2. The monoisotopic (exact) mass is 514 g/mol. The van der Waals surface area contributed by atoms with Crippen LogP contribution in [0.3, 0.4) is 0 Å². The van der Waals surface area contributed by atoms with Crippen molar-refractivity contribution < 1.29 is 29.2 Å². The van der Waals surface area contributed by atoms with Crippen LogP contribution in [0.4, 0.5) is 4.79 Å². The molecule has 2 N–H and O–H groups in total. The molecule has 1 unspecified atom stereocenters. The normalized spacial score (nSPS) is 13.1. The van der Waals surface area contributed by atoms with Crippen molar-refractivity contribution in [2.75, 3.05) is 13.2 Å². The number of benzene rings is 2. The van der Waals surface area contributed by atoms with Crippen LogP contribution in [0.25, 0.3) is 0 Å². The van der Waals surface area contributed by atoms with Crippen LogP contribution < -0.4 is 9.47 Å². The summed E-state index contributed by atoms with van der Waals surface area (Å²) in [5, 5.41) is 33.3. The fourth-order valence-corrected chi connectivity index (χ4v) is 3.75.